The summed E-state index contributed by atoms with van der Waals surface area (Å²) in [7, 11) is 0. The minimum absolute atomic E-state index is 0.160. The number of hydrogen-bond donors (Lipinski definition) is 2. The van der Waals surface area contributed by atoms with Crippen LogP contribution in [-0.4, -0.2) is 15.9 Å². The van der Waals surface area contributed by atoms with Gasteiger partial charge in [0, 0.05) is 29.6 Å². The molecule has 2 N–H and O–H groups in total. The van der Waals surface area contributed by atoms with Gasteiger partial charge in [0.1, 0.15) is 16.9 Å². The van der Waals surface area contributed by atoms with Crippen LogP contribution in [-0.2, 0) is 6.54 Å². The van der Waals surface area contributed by atoms with Crippen molar-refractivity contribution >= 4 is 22.6 Å². The van der Waals surface area contributed by atoms with E-state index < -0.39 is 16.5 Å². The van der Waals surface area contributed by atoms with Gasteiger partial charge in [0.2, 0.25) is 0 Å². The van der Waals surface area contributed by atoms with Crippen molar-refractivity contribution in [2.24, 2.45) is 0 Å². The van der Waals surface area contributed by atoms with Crippen molar-refractivity contribution in [3.05, 3.63) is 80.2 Å². The highest BCUT2D eigenvalue weighted by atomic mass is 16.6. The highest BCUT2D eigenvalue weighted by molar-refractivity contribution is 5.96. The van der Waals surface area contributed by atoms with Crippen LogP contribution >= 0.6 is 0 Å². The second-order valence-corrected chi connectivity index (χ2v) is 5.24. The highest BCUT2D eigenvalue weighted by Crippen LogP contribution is 2.22. The first-order valence-electron chi connectivity index (χ1n) is 7.23. The molecular weight excluding hydrogens is 328 g/mol. The molecule has 0 aliphatic rings. The number of hydrogen-bond acceptors (Lipinski definition) is 6. The molecule has 1 amide bonds. The number of carbonyl (C=O) groups excluding carboxylic acids is 1. The highest BCUT2D eigenvalue weighted by Gasteiger charge is 2.15. The lowest BCUT2D eigenvalue weighted by Gasteiger charge is -2.07. The van der Waals surface area contributed by atoms with Gasteiger partial charge in [0.25, 0.3) is 11.6 Å². The number of para-hydroxylation sites is 1. The molecule has 0 unspecified atom stereocenters. The number of amides is 1. The molecule has 8 nitrogen and oxygen atoms in total. The van der Waals surface area contributed by atoms with Gasteiger partial charge in [-0.3, -0.25) is 14.9 Å². The van der Waals surface area contributed by atoms with Crippen molar-refractivity contribution in [1.29, 1.82) is 0 Å². The lowest BCUT2D eigenvalue weighted by molar-refractivity contribution is -0.384. The van der Waals surface area contributed by atoms with E-state index >= 15 is 0 Å². The molecule has 0 aliphatic heterocycles. The first kappa shape index (κ1) is 16.2. The Kier molecular flexibility index (Phi) is 4.17. The Morgan fingerprint density at radius 3 is 2.72 bits per heavy atom. The summed E-state index contributed by atoms with van der Waals surface area (Å²) >= 11 is 0. The van der Waals surface area contributed by atoms with Crippen LogP contribution in [0.25, 0.3) is 11.0 Å². The number of carbonyl (C=O) groups is 1. The molecular formula is C17H12N2O6. The van der Waals surface area contributed by atoms with Gasteiger partial charge in [0.15, 0.2) is 0 Å². The fraction of sp³-hybridized carbons (Fsp3) is 0.0588. The van der Waals surface area contributed by atoms with E-state index in [1.54, 1.807) is 24.3 Å². The molecule has 126 valence electrons. The Balaban J connectivity index is 1.84. The third-order valence-corrected chi connectivity index (χ3v) is 3.60. The van der Waals surface area contributed by atoms with Crippen molar-refractivity contribution in [2.45, 2.75) is 6.54 Å². The summed E-state index contributed by atoms with van der Waals surface area (Å²) in [5.74, 6) is -0.901. The maximum absolute atomic E-state index is 12.2. The Morgan fingerprint density at radius 1 is 1.20 bits per heavy atom. The van der Waals surface area contributed by atoms with Crippen LogP contribution in [0.3, 0.4) is 0 Å². The van der Waals surface area contributed by atoms with E-state index in [2.05, 4.69) is 5.32 Å². The van der Waals surface area contributed by atoms with Crippen molar-refractivity contribution in [3.63, 3.8) is 0 Å². The summed E-state index contributed by atoms with van der Waals surface area (Å²) in [5.41, 5.74) is -0.677. The SMILES string of the molecule is O=C(NCc1cc([N+](=O)[O-])ccc1O)c1cc2ccccc2oc1=O. The van der Waals surface area contributed by atoms with Gasteiger partial charge < -0.3 is 14.8 Å². The van der Waals surface area contributed by atoms with Gasteiger partial charge >= 0.3 is 5.63 Å². The molecule has 3 aromatic rings. The van der Waals surface area contributed by atoms with Crippen LogP contribution in [0.1, 0.15) is 15.9 Å². The van der Waals surface area contributed by atoms with E-state index in [4.69, 9.17) is 4.42 Å². The molecule has 0 aliphatic carbocycles. The van der Waals surface area contributed by atoms with Gasteiger partial charge in [0.05, 0.1) is 4.92 Å². The second-order valence-electron chi connectivity index (χ2n) is 5.24. The zero-order chi connectivity index (χ0) is 18.0. The first-order chi connectivity index (χ1) is 12.0. The normalized spacial score (nSPS) is 10.6. The minimum atomic E-state index is -0.792. The summed E-state index contributed by atoms with van der Waals surface area (Å²) in [6, 6.07) is 11.6. The topological polar surface area (TPSA) is 123 Å². The molecule has 25 heavy (non-hydrogen) atoms. The van der Waals surface area contributed by atoms with E-state index in [0.29, 0.717) is 11.0 Å². The fourth-order valence-electron chi connectivity index (χ4n) is 2.32. The smallest absolute Gasteiger partial charge is 0.349 e. The van der Waals surface area contributed by atoms with Gasteiger partial charge in [-0.15, -0.1) is 0 Å². The second kappa shape index (κ2) is 6.44. The van der Waals surface area contributed by atoms with E-state index in [9.17, 15) is 24.8 Å². The minimum Gasteiger partial charge on any atom is -0.508 e. The van der Waals surface area contributed by atoms with E-state index in [-0.39, 0.29) is 29.1 Å². The van der Waals surface area contributed by atoms with Crippen LogP contribution in [0.4, 0.5) is 5.69 Å². The number of nitro benzene ring substituents is 1. The summed E-state index contributed by atoms with van der Waals surface area (Å²) in [6.45, 7) is -0.182. The summed E-state index contributed by atoms with van der Waals surface area (Å²) in [4.78, 5) is 34.3. The van der Waals surface area contributed by atoms with Gasteiger partial charge in [-0.2, -0.15) is 0 Å². The summed E-state index contributed by atoms with van der Waals surface area (Å²) < 4.78 is 5.09. The Hall–Kier alpha value is -3.68. The van der Waals surface area contributed by atoms with Crippen molar-refractivity contribution in [2.75, 3.05) is 0 Å². The molecule has 0 fully saturated rings. The quantitative estimate of drug-likeness (QED) is 0.427. The lowest BCUT2D eigenvalue weighted by atomic mass is 10.1. The van der Waals surface area contributed by atoms with Crippen molar-refractivity contribution in [3.8, 4) is 5.75 Å². The predicted octanol–water partition coefficient (Wildman–Crippen LogP) is 2.34. The van der Waals surface area contributed by atoms with Crippen LogP contribution in [0.5, 0.6) is 5.75 Å². The van der Waals surface area contributed by atoms with Crippen LogP contribution in [0.15, 0.2) is 57.7 Å². The number of phenolic OH excluding ortho intramolecular Hbond substituents is 1. The Morgan fingerprint density at radius 2 is 1.96 bits per heavy atom. The summed E-state index contributed by atoms with van der Waals surface area (Å²) in [5, 5.41) is 23.6. The number of rotatable bonds is 4. The molecule has 0 spiro atoms. The van der Waals surface area contributed by atoms with E-state index in [0.717, 1.165) is 12.1 Å². The van der Waals surface area contributed by atoms with Crippen LogP contribution in [0.2, 0.25) is 0 Å². The maximum atomic E-state index is 12.2. The van der Waals surface area contributed by atoms with Crippen molar-refractivity contribution < 1.29 is 19.2 Å². The average molecular weight is 340 g/mol. The van der Waals surface area contributed by atoms with Gasteiger partial charge in [-0.25, -0.2) is 4.79 Å². The molecule has 3 rings (SSSR count). The number of phenols is 1. The van der Waals surface area contributed by atoms with E-state index in [1.807, 2.05) is 0 Å². The maximum Gasteiger partial charge on any atom is 0.349 e. The zero-order valence-electron chi connectivity index (χ0n) is 12.8. The van der Waals surface area contributed by atoms with Crippen LogP contribution in [0, 0.1) is 10.1 Å². The number of non-ortho nitro benzene ring substituents is 1. The first-order valence-corrected chi connectivity index (χ1v) is 7.23. The largest absolute Gasteiger partial charge is 0.508 e. The molecule has 1 heterocycles. The van der Waals surface area contributed by atoms with Gasteiger partial charge in [-0.1, -0.05) is 18.2 Å². The monoisotopic (exact) mass is 340 g/mol. The predicted molar refractivity (Wildman–Crippen MR) is 88.4 cm³/mol. The molecule has 0 saturated carbocycles. The molecule has 0 saturated heterocycles. The number of nitrogens with zero attached hydrogens (tertiary/aromatic N) is 1. The number of nitro groups is 1. The fourth-order valence-corrected chi connectivity index (χ4v) is 2.32. The molecule has 1 aromatic heterocycles. The molecule has 0 bridgehead atoms. The van der Waals surface area contributed by atoms with E-state index in [1.165, 1.54) is 12.1 Å². The Bertz CT molecular complexity index is 1040. The molecule has 0 atom stereocenters. The average Bonchev–Trinajstić information content (AvgIpc) is 2.60. The number of aromatic hydroxyl groups is 1. The molecule has 8 heteroatoms. The van der Waals surface area contributed by atoms with Gasteiger partial charge in [-0.05, 0) is 18.2 Å². The van der Waals surface area contributed by atoms with Crippen LogP contribution < -0.4 is 10.9 Å². The standard InChI is InChI=1S/C17H12N2O6/c20-14-6-5-12(19(23)24)7-11(14)9-18-16(21)13-8-10-3-1-2-4-15(10)25-17(13)22/h1-8,20H,9H2,(H,18,21). The molecule has 2 aromatic carbocycles. The Labute approximate surface area is 140 Å². The number of fused-ring (bicyclic) bond motifs is 1. The third-order valence-electron chi connectivity index (χ3n) is 3.60. The third kappa shape index (κ3) is 3.32. The lowest BCUT2D eigenvalue weighted by Crippen LogP contribution is -2.27. The zero-order valence-corrected chi connectivity index (χ0v) is 12.8. The van der Waals surface area contributed by atoms with Crippen molar-refractivity contribution in [1.82, 2.24) is 5.32 Å². The number of nitrogens with one attached hydrogen (secondary N) is 1. The summed E-state index contributed by atoms with van der Waals surface area (Å²) in [6.07, 6.45) is 0. The number of benzene rings is 2. The molecule has 0 radical (unpaired) electrons.